The predicted octanol–water partition coefficient (Wildman–Crippen LogP) is 2.58. The largest absolute Gasteiger partial charge is 0.480 e. The highest BCUT2D eigenvalue weighted by molar-refractivity contribution is 5.81. The molecule has 110 valence electrons. The first-order valence-electron chi connectivity index (χ1n) is 7.02. The molecule has 0 aromatic heterocycles. The second-order valence-electron chi connectivity index (χ2n) is 5.40. The third-order valence-corrected chi connectivity index (χ3v) is 2.96. The molecule has 0 aliphatic carbocycles. The third kappa shape index (κ3) is 6.36. The molecule has 0 fully saturated rings. The van der Waals surface area contributed by atoms with E-state index in [0.29, 0.717) is 13.0 Å². The Hall–Kier alpha value is -1.84. The smallest absolute Gasteiger partial charge is 0.323 e. The van der Waals surface area contributed by atoms with Gasteiger partial charge in [0.2, 0.25) is 5.91 Å². The van der Waals surface area contributed by atoms with Gasteiger partial charge in [-0.25, -0.2) is 0 Å². The summed E-state index contributed by atoms with van der Waals surface area (Å²) in [6.07, 6.45) is 1.99. The summed E-state index contributed by atoms with van der Waals surface area (Å²) >= 11 is 0. The Kier molecular flexibility index (Phi) is 6.77. The maximum Gasteiger partial charge on any atom is 0.323 e. The topological polar surface area (TPSA) is 57.6 Å². The van der Waals surface area contributed by atoms with Crippen molar-refractivity contribution in [3.05, 3.63) is 35.9 Å². The number of rotatable bonds is 8. The van der Waals surface area contributed by atoms with E-state index >= 15 is 0 Å². The average Bonchev–Trinajstić information content (AvgIpc) is 2.38. The normalized spacial score (nSPS) is 10.6. The Labute approximate surface area is 120 Å². The van der Waals surface area contributed by atoms with Crippen LogP contribution in [0.3, 0.4) is 0 Å². The molecule has 4 heteroatoms. The number of nitrogens with zero attached hydrogens (tertiary/aromatic N) is 1. The summed E-state index contributed by atoms with van der Waals surface area (Å²) in [5.41, 5.74) is 1.20. The standard InChI is InChI=1S/C16H23NO3/c1-13(2)11-17(12-16(19)20)15(18)10-6-9-14-7-4-3-5-8-14/h3-5,7-8,13H,6,9-12H2,1-2H3,(H,19,20). The molecule has 4 nitrogen and oxygen atoms in total. The predicted molar refractivity (Wildman–Crippen MR) is 78.4 cm³/mol. The van der Waals surface area contributed by atoms with Crippen molar-refractivity contribution < 1.29 is 14.7 Å². The molecule has 1 rings (SSSR count). The van der Waals surface area contributed by atoms with Crippen LogP contribution in [-0.4, -0.2) is 35.0 Å². The Morgan fingerprint density at radius 3 is 2.40 bits per heavy atom. The monoisotopic (exact) mass is 277 g/mol. The van der Waals surface area contributed by atoms with Gasteiger partial charge in [0.05, 0.1) is 0 Å². The van der Waals surface area contributed by atoms with Crippen LogP contribution in [-0.2, 0) is 16.0 Å². The lowest BCUT2D eigenvalue weighted by molar-refractivity contribution is -0.144. The number of carboxylic acids is 1. The van der Waals surface area contributed by atoms with Crippen LogP contribution in [0, 0.1) is 5.92 Å². The van der Waals surface area contributed by atoms with Crippen molar-refractivity contribution in [2.45, 2.75) is 33.1 Å². The van der Waals surface area contributed by atoms with E-state index in [-0.39, 0.29) is 18.4 Å². The summed E-state index contributed by atoms with van der Waals surface area (Å²) < 4.78 is 0. The van der Waals surface area contributed by atoms with Crippen LogP contribution in [0.2, 0.25) is 0 Å². The van der Waals surface area contributed by atoms with E-state index in [1.54, 1.807) is 0 Å². The third-order valence-electron chi connectivity index (χ3n) is 2.96. The molecule has 0 heterocycles. The van der Waals surface area contributed by atoms with Gasteiger partial charge in [-0.15, -0.1) is 0 Å². The second kappa shape index (κ2) is 8.35. The van der Waals surface area contributed by atoms with Gasteiger partial charge in [-0.3, -0.25) is 9.59 Å². The second-order valence-corrected chi connectivity index (χ2v) is 5.40. The van der Waals surface area contributed by atoms with Crippen LogP contribution in [0.5, 0.6) is 0 Å². The molecule has 20 heavy (non-hydrogen) atoms. The summed E-state index contributed by atoms with van der Waals surface area (Å²) in [6, 6.07) is 9.99. The number of carbonyl (C=O) groups is 2. The van der Waals surface area contributed by atoms with Gasteiger partial charge in [0.15, 0.2) is 0 Å². The number of carbonyl (C=O) groups excluding carboxylic acids is 1. The number of benzene rings is 1. The Balaban J connectivity index is 2.43. The molecular weight excluding hydrogens is 254 g/mol. The first kappa shape index (κ1) is 16.2. The number of hydrogen-bond donors (Lipinski definition) is 1. The number of amides is 1. The SMILES string of the molecule is CC(C)CN(CC(=O)O)C(=O)CCCc1ccccc1. The molecule has 1 aromatic carbocycles. The molecule has 0 aliphatic rings. The molecule has 0 atom stereocenters. The van der Waals surface area contributed by atoms with Crippen LogP contribution >= 0.6 is 0 Å². The fourth-order valence-electron chi connectivity index (χ4n) is 2.11. The lowest BCUT2D eigenvalue weighted by Gasteiger charge is -2.22. The van der Waals surface area contributed by atoms with Gasteiger partial charge >= 0.3 is 5.97 Å². The number of aryl methyl sites for hydroxylation is 1. The highest BCUT2D eigenvalue weighted by Crippen LogP contribution is 2.08. The fraction of sp³-hybridized carbons (Fsp3) is 0.500. The van der Waals surface area contributed by atoms with Gasteiger partial charge in [0.25, 0.3) is 0 Å². The van der Waals surface area contributed by atoms with Crippen LogP contribution in [0.15, 0.2) is 30.3 Å². The van der Waals surface area contributed by atoms with Gasteiger partial charge in [0, 0.05) is 13.0 Å². The molecule has 1 aromatic rings. The van der Waals surface area contributed by atoms with Crippen molar-refractivity contribution in [3.63, 3.8) is 0 Å². The summed E-state index contributed by atoms with van der Waals surface area (Å²) in [6.45, 7) is 4.25. The van der Waals surface area contributed by atoms with E-state index < -0.39 is 5.97 Å². The zero-order chi connectivity index (χ0) is 15.0. The Bertz CT molecular complexity index is 429. The molecule has 0 saturated carbocycles. The number of hydrogen-bond acceptors (Lipinski definition) is 2. The van der Waals surface area contributed by atoms with E-state index in [4.69, 9.17) is 5.11 Å². The van der Waals surface area contributed by atoms with Crippen molar-refractivity contribution in [1.82, 2.24) is 4.90 Å². The lowest BCUT2D eigenvalue weighted by atomic mass is 10.1. The highest BCUT2D eigenvalue weighted by atomic mass is 16.4. The Morgan fingerprint density at radius 1 is 1.20 bits per heavy atom. The van der Waals surface area contributed by atoms with Crippen molar-refractivity contribution >= 4 is 11.9 Å². The van der Waals surface area contributed by atoms with Gasteiger partial charge in [-0.1, -0.05) is 44.2 Å². The van der Waals surface area contributed by atoms with Crippen LogP contribution in [0.25, 0.3) is 0 Å². The first-order chi connectivity index (χ1) is 9.49. The zero-order valence-electron chi connectivity index (χ0n) is 12.2. The molecule has 0 unspecified atom stereocenters. The van der Waals surface area contributed by atoms with Crippen LogP contribution in [0.4, 0.5) is 0 Å². The van der Waals surface area contributed by atoms with Crippen molar-refractivity contribution in [3.8, 4) is 0 Å². The Morgan fingerprint density at radius 2 is 1.85 bits per heavy atom. The minimum Gasteiger partial charge on any atom is -0.480 e. The molecule has 1 amide bonds. The number of carboxylic acid groups (broad SMARTS) is 1. The minimum atomic E-state index is -0.956. The van der Waals surface area contributed by atoms with E-state index in [0.717, 1.165) is 12.8 Å². The maximum absolute atomic E-state index is 12.1. The van der Waals surface area contributed by atoms with Gasteiger partial charge < -0.3 is 10.0 Å². The molecule has 0 radical (unpaired) electrons. The van der Waals surface area contributed by atoms with E-state index in [1.807, 2.05) is 44.2 Å². The van der Waals surface area contributed by atoms with Gasteiger partial charge in [-0.05, 0) is 24.3 Å². The van der Waals surface area contributed by atoms with Crippen LogP contribution < -0.4 is 0 Å². The average molecular weight is 277 g/mol. The van der Waals surface area contributed by atoms with Gasteiger partial charge in [-0.2, -0.15) is 0 Å². The molecule has 0 saturated heterocycles. The molecule has 0 bridgehead atoms. The zero-order valence-corrected chi connectivity index (χ0v) is 12.2. The summed E-state index contributed by atoms with van der Waals surface area (Å²) in [7, 11) is 0. The van der Waals surface area contributed by atoms with E-state index in [9.17, 15) is 9.59 Å². The lowest BCUT2D eigenvalue weighted by Crippen LogP contribution is -2.38. The summed E-state index contributed by atoms with van der Waals surface area (Å²) in [5, 5.41) is 8.86. The van der Waals surface area contributed by atoms with Crippen LogP contribution in [0.1, 0.15) is 32.3 Å². The minimum absolute atomic E-state index is 0.0722. The fourth-order valence-corrected chi connectivity index (χ4v) is 2.11. The quantitative estimate of drug-likeness (QED) is 0.794. The van der Waals surface area contributed by atoms with Crippen molar-refractivity contribution in [2.24, 2.45) is 5.92 Å². The van der Waals surface area contributed by atoms with Crippen molar-refractivity contribution in [2.75, 3.05) is 13.1 Å². The molecule has 0 aliphatic heterocycles. The molecule has 1 N–H and O–H groups in total. The van der Waals surface area contributed by atoms with E-state index in [2.05, 4.69) is 0 Å². The molecular formula is C16H23NO3. The first-order valence-corrected chi connectivity index (χ1v) is 7.02. The maximum atomic E-state index is 12.1. The highest BCUT2D eigenvalue weighted by Gasteiger charge is 2.17. The number of aliphatic carboxylic acids is 1. The van der Waals surface area contributed by atoms with E-state index in [1.165, 1.54) is 10.5 Å². The summed E-state index contributed by atoms with van der Waals surface area (Å²) in [4.78, 5) is 24.3. The molecule has 0 spiro atoms. The summed E-state index contributed by atoms with van der Waals surface area (Å²) in [5.74, 6) is -0.758. The van der Waals surface area contributed by atoms with Gasteiger partial charge in [0.1, 0.15) is 6.54 Å². The van der Waals surface area contributed by atoms with Crippen molar-refractivity contribution in [1.29, 1.82) is 0 Å².